The number of aliphatic imine (C=N–C) groups is 1. The van der Waals surface area contributed by atoms with E-state index in [1.165, 1.54) is 12.1 Å². The lowest BCUT2D eigenvalue weighted by atomic mass is 10.1. The van der Waals surface area contributed by atoms with E-state index in [0.29, 0.717) is 36.8 Å². The molecule has 3 rings (SSSR count). The van der Waals surface area contributed by atoms with Crippen molar-refractivity contribution in [2.45, 2.75) is 19.8 Å². The minimum Gasteiger partial charge on any atom is -0.493 e. The quantitative estimate of drug-likeness (QED) is 0.193. The summed E-state index contributed by atoms with van der Waals surface area (Å²) in [5.74, 6) is 2.39. The SMILES string of the molecule is CCNC(=NCCc1ccc(OC)c(OC)c1OC)NCCc1c[nH]c2cc(F)ccc12.I. The second kappa shape index (κ2) is 13.1. The zero-order chi connectivity index (χ0) is 22.9. The molecule has 1 heterocycles. The van der Waals surface area contributed by atoms with E-state index in [4.69, 9.17) is 14.2 Å². The molecule has 0 spiro atoms. The summed E-state index contributed by atoms with van der Waals surface area (Å²) in [6.45, 7) is 4.07. The van der Waals surface area contributed by atoms with Gasteiger partial charge in [-0.05, 0) is 49.6 Å². The van der Waals surface area contributed by atoms with Crippen molar-refractivity contribution < 1.29 is 18.6 Å². The molecule has 0 fully saturated rings. The Morgan fingerprint density at radius 3 is 2.45 bits per heavy atom. The van der Waals surface area contributed by atoms with Gasteiger partial charge in [0, 0.05) is 42.3 Å². The molecule has 33 heavy (non-hydrogen) atoms. The second-order valence-corrected chi connectivity index (χ2v) is 7.18. The van der Waals surface area contributed by atoms with Crippen LogP contribution in [0.5, 0.6) is 17.2 Å². The molecule has 0 radical (unpaired) electrons. The number of halogens is 2. The largest absolute Gasteiger partial charge is 0.493 e. The predicted octanol–water partition coefficient (Wildman–Crippen LogP) is 4.29. The summed E-state index contributed by atoms with van der Waals surface area (Å²) < 4.78 is 29.7. The van der Waals surface area contributed by atoms with Crippen LogP contribution in [0.3, 0.4) is 0 Å². The van der Waals surface area contributed by atoms with Gasteiger partial charge in [0.15, 0.2) is 17.5 Å². The number of guanidine groups is 1. The first kappa shape index (κ1) is 26.6. The van der Waals surface area contributed by atoms with Crippen LogP contribution >= 0.6 is 24.0 Å². The normalized spacial score (nSPS) is 11.1. The summed E-state index contributed by atoms with van der Waals surface area (Å²) in [7, 11) is 4.82. The van der Waals surface area contributed by atoms with Gasteiger partial charge in [-0.1, -0.05) is 6.07 Å². The molecule has 0 saturated carbocycles. The molecule has 180 valence electrons. The third-order valence-corrected chi connectivity index (χ3v) is 5.20. The molecule has 0 aliphatic rings. The van der Waals surface area contributed by atoms with Gasteiger partial charge in [-0.2, -0.15) is 0 Å². The molecule has 7 nitrogen and oxygen atoms in total. The average molecular weight is 570 g/mol. The summed E-state index contributed by atoms with van der Waals surface area (Å²) in [5.41, 5.74) is 2.94. The van der Waals surface area contributed by atoms with Crippen LogP contribution in [0.1, 0.15) is 18.1 Å². The summed E-state index contributed by atoms with van der Waals surface area (Å²) in [6.07, 6.45) is 3.41. The molecule has 0 bridgehead atoms. The summed E-state index contributed by atoms with van der Waals surface area (Å²) in [4.78, 5) is 7.81. The number of nitrogens with zero attached hydrogens (tertiary/aromatic N) is 1. The highest BCUT2D eigenvalue weighted by Gasteiger charge is 2.15. The number of benzene rings is 2. The fraction of sp³-hybridized carbons (Fsp3) is 0.375. The number of ether oxygens (including phenoxy) is 3. The van der Waals surface area contributed by atoms with E-state index in [0.717, 1.165) is 41.0 Å². The number of nitrogens with one attached hydrogen (secondary N) is 3. The Labute approximate surface area is 211 Å². The van der Waals surface area contributed by atoms with Crippen molar-refractivity contribution in [3.05, 3.63) is 53.5 Å². The number of methoxy groups -OCH3 is 3. The molecule has 0 aliphatic heterocycles. The van der Waals surface area contributed by atoms with Crippen molar-refractivity contribution in [2.24, 2.45) is 4.99 Å². The van der Waals surface area contributed by atoms with Crippen LogP contribution in [0.4, 0.5) is 4.39 Å². The molecule has 0 atom stereocenters. The number of hydrogen-bond donors (Lipinski definition) is 3. The topological polar surface area (TPSA) is 79.9 Å². The van der Waals surface area contributed by atoms with Crippen molar-refractivity contribution in [1.29, 1.82) is 0 Å². The standard InChI is InChI=1S/C24H31FN4O3.HI/c1-5-26-24(28-13-11-17-15-29-20-14-18(25)7-8-19(17)20)27-12-10-16-6-9-21(30-2)23(32-4)22(16)31-3;/h6-9,14-15,29H,5,10-13H2,1-4H3,(H2,26,27,28);1H. The van der Waals surface area contributed by atoms with Gasteiger partial charge in [0.2, 0.25) is 5.75 Å². The first-order chi connectivity index (χ1) is 15.6. The van der Waals surface area contributed by atoms with E-state index in [9.17, 15) is 4.39 Å². The van der Waals surface area contributed by atoms with E-state index in [-0.39, 0.29) is 29.8 Å². The van der Waals surface area contributed by atoms with E-state index in [2.05, 4.69) is 20.6 Å². The molecule has 0 aliphatic carbocycles. The minimum atomic E-state index is -0.239. The van der Waals surface area contributed by atoms with Crippen LogP contribution in [0, 0.1) is 5.82 Å². The third kappa shape index (κ3) is 6.66. The molecule has 3 N–H and O–H groups in total. The van der Waals surface area contributed by atoms with Crippen LogP contribution in [0.15, 0.2) is 41.5 Å². The number of hydrogen-bond acceptors (Lipinski definition) is 4. The number of aromatic amines is 1. The minimum absolute atomic E-state index is 0. The third-order valence-electron chi connectivity index (χ3n) is 5.20. The lowest BCUT2D eigenvalue weighted by Crippen LogP contribution is -2.38. The second-order valence-electron chi connectivity index (χ2n) is 7.18. The van der Waals surface area contributed by atoms with Gasteiger partial charge in [-0.3, -0.25) is 4.99 Å². The smallest absolute Gasteiger partial charge is 0.203 e. The molecular weight excluding hydrogens is 538 g/mol. The summed E-state index contributed by atoms with van der Waals surface area (Å²) in [6, 6.07) is 8.65. The Hall–Kier alpha value is -2.69. The zero-order valence-electron chi connectivity index (χ0n) is 19.5. The highest BCUT2D eigenvalue weighted by Crippen LogP contribution is 2.39. The van der Waals surface area contributed by atoms with Crippen molar-refractivity contribution in [3.8, 4) is 17.2 Å². The van der Waals surface area contributed by atoms with Crippen molar-refractivity contribution in [2.75, 3.05) is 41.0 Å². The van der Waals surface area contributed by atoms with Gasteiger partial charge >= 0.3 is 0 Å². The van der Waals surface area contributed by atoms with E-state index < -0.39 is 0 Å². The highest BCUT2D eigenvalue weighted by molar-refractivity contribution is 14.0. The van der Waals surface area contributed by atoms with Gasteiger partial charge in [0.05, 0.1) is 21.3 Å². The monoisotopic (exact) mass is 570 g/mol. The molecule has 1 aromatic heterocycles. The molecule has 2 aromatic carbocycles. The number of aromatic nitrogens is 1. The van der Waals surface area contributed by atoms with Crippen LogP contribution in [0.2, 0.25) is 0 Å². The predicted molar refractivity (Wildman–Crippen MR) is 141 cm³/mol. The fourth-order valence-corrected chi connectivity index (χ4v) is 3.67. The van der Waals surface area contributed by atoms with Crippen molar-refractivity contribution >= 4 is 40.8 Å². The van der Waals surface area contributed by atoms with Crippen LogP contribution in [-0.2, 0) is 12.8 Å². The Morgan fingerprint density at radius 2 is 1.76 bits per heavy atom. The Morgan fingerprint density at radius 1 is 0.970 bits per heavy atom. The Balaban J connectivity index is 0.00000385. The van der Waals surface area contributed by atoms with Gasteiger partial charge in [-0.25, -0.2) is 4.39 Å². The van der Waals surface area contributed by atoms with Gasteiger partial charge in [-0.15, -0.1) is 24.0 Å². The molecule has 9 heteroatoms. The van der Waals surface area contributed by atoms with Gasteiger partial charge in [0.25, 0.3) is 0 Å². The zero-order valence-corrected chi connectivity index (χ0v) is 21.8. The van der Waals surface area contributed by atoms with Crippen LogP contribution in [0.25, 0.3) is 10.9 Å². The molecule has 3 aromatic rings. The maximum Gasteiger partial charge on any atom is 0.203 e. The Kier molecular flexibility index (Phi) is 10.6. The number of H-pyrrole nitrogens is 1. The summed E-state index contributed by atoms with van der Waals surface area (Å²) >= 11 is 0. The van der Waals surface area contributed by atoms with Crippen LogP contribution < -0.4 is 24.8 Å². The lowest BCUT2D eigenvalue weighted by molar-refractivity contribution is 0.322. The van der Waals surface area contributed by atoms with Crippen molar-refractivity contribution in [3.63, 3.8) is 0 Å². The lowest BCUT2D eigenvalue weighted by Gasteiger charge is -2.15. The van der Waals surface area contributed by atoms with Gasteiger partial charge in [0.1, 0.15) is 5.82 Å². The van der Waals surface area contributed by atoms with E-state index in [1.54, 1.807) is 21.3 Å². The van der Waals surface area contributed by atoms with E-state index in [1.807, 2.05) is 31.3 Å². The van der Waals surface area contributed by atoms with Crippen molar-refractivity contribution in [1.82, 2.24) is 15.6 Å². The summed E-state index contributed by atoms with van der Waals surface area (Å²) in [5, 5.41) is 7.67. The molecule has 0 amide bonds. The van der Waals surface area contributed by atoms with E-state index >= 15 is 0 Å². The first-order valence-electron chi connectivity index (χ1n) is 10.7. The average Bonchev–Trinajstić information content (AvgIpc) is 3.20. The number of rotatable bonds is 10. The fourth-order valence-electron chi connectivity index (χ4n) is 3.67. The molecule has 0 saturated heterocycles. The van der Waals surface area contributed by atoms with Crippen LogP contribution in [-0.4, -0.2) is 51.9 Å². The van der Waals surface area contributed by atoms with Gasteiger partial charge < -0.3 is 29.8 Å². The molecular formula is C24H32FIN4O3. The maximum absolute atomic E-state index is 13.4. The Bertz CT molecular complexity index is 1070. The highest BCUT2D eigenvalue weighted by atomic mass is 127. The first-order valence-corrected chi connectivity index (χ1v) is 10.7. The number of fused-ring (bicyclic) bond motifs is 1. The maximum atomic E-state index is 13.4. The molecule has 0 unspecified atom stereocenters.